The highest BCUT2D eigenvalue weighted by Crippen LogP contribution is 2.12. The molecule has 1 heteroatoms. The smallest absolute Gasteiger partial charge is 0.193 e. The molecule has 0 unspecified atom stereocenters. The van der Waals surface area contributed by atoms with Crippen molar-refractivity contribution >= 4 is 5.78 Å². The van der Waals surface area contributed by atoms with Crippen LogP contribution in [0.1, 0.15) is 21.5 Å². The van der Waals surface area contributed by atoms with Gasteiger partial charge in [-0.2, -0.15) is 0 Å². The molecule has 2 aromatic rings. The summed E-state index contributed by atoms with van der Waals surface area (Å²) in [5.74, 6) is 0.0662. The number of carbonyl (C=O) groups excluding carboxylic acids is 1. The molecule has 0 bridgehead atoms. The van der Waals surface area contributed by atoms with Crippen molar-refractivity contribution in [1.82, 2.24) is 0 Å². The molecule has 1 nitrogen and oxygen atoms in total. The molecule has 17 heavy (non-hydrogen) atoms. The van der Waals surface area contributed by atoms with Gasteiger partial charge in [0.15, 0.2) is 5.78 Å². The summed E-state index contributed by atoms with van der Waals surface area (Å²) < 4.78 is 0. The third-order valence-corrected chi connectivity index (χ3v) is 2.61. The lowest BCUT2D eigenvalue weighted by Crippen LogP contribution is -2.01. The molecule has 0 atom stereocenters. The fourth-order valence-electron chi connectivity index (χ4n) is 1.76. The van der Waals surface area contributed by atoms with Crippen LogP contribution in [0.5, 0.6) is 0 Å². The normalized spacial score (nSPS) is 9.88. The molecule has 0 fully saturated rings. The summed E-state index contributed by atoms with van der Waals surface area (Å²) in [6.07, 6.45) is 2.63. The second-order valence-electron chi connectivity index (χ2n) is 3.89. The second-order valence-corrected chi connectivity index (χ2v) is 3.89. The van der Waals surface area contributed by atoms with E-state index in [9.17, 15) is 4.79 Å². The maximum Gasteiger partial charge on any atom is 0.193 e. The van der Waals surface area contributed by atoms with Crippen molar-refractivity contribution in [3.8, 4) is 0 Å². The molecule has 0 amide bonds. The van der Waals surface area contributed by atoms with Gasteiger partial charge in [0, 0.05) is 11.1 Å². The standard InChI is InChI=1S/C16H14O/c1-2-7-13-8-6-11-15(12-13)16(17)14-9-4-3-5-10-14/h2-6,8-12H,1,7H2. The van der Waals surface area contributed by atoms with Crippen LogP contribution in [0.25, 0.3) is 0 Å². The number of ketones is 1. The highest BCUT2D eigenvalue weighted by atomic mass is 16.1. The monoisotopic (exact) mass is 222 g/mol. The van der Waals surface area contributed by atoms with Crippen molar-refractivity contribution in [2.24, 2.45) is 0 Å². The molecular formula is C16H14O. The third-order valence-electron chi connectivity index (χ3n) is 2.61. The summed E-state index contributed by atoms with van der Waals surface area (Å²) >= 11 is 0. The first-order valence-corrected chi connectivity index (χ1v) is 5.61. The van der Waals surface area contributed by atoms with Gasteiger partial charge in [-0.05, 0) is 18.1 Å². The topological polar surface area (TPSA) is 17.1 Å². The van der Waals surface area contributed by atoms with E-state index in [0.717, 1.165) is 23.1 Å². The fraction of sp³-hybridized carbons (Fsp3) is 0.0625. The molecule has 0 saturated heterocycles. The maximum atomic E-state index is 12.2. The van der Waals surface area contributed by atoms with Crippen LogP contribution in [0.15, 0.2) is 67.3 Å². The van der Waals surface area contributed by atoms with Gasteiger partial charge in [0.25, 0.3) is 0 Å². The predicted molar refractivity (Wildman–Crippen MR) is 70.2 cm³/mol. The summed E-state index contributed by atoms with van der Waals surface area (Å²) in [5.41, 5.74) is 2.57. The van der Waals surface area contributed by atoms with Crippen LogP contribution >= 0.6 is 0 Å². The van der Waals surface area contributed by atoms with E-state index in [1.807, 2.05) is 60.7 Å². The van der Waals surface area contributed by atoms with E-state index < -0.39 is 0 Å². The van der Waals surface area contributed by atoms with Crippen LogP contribution in [0, 0.1) is 0 Å². The summed E-state index contributed by atoms with van der Waals surface area (Å²) in [7, 11) is 0. The lowest BCUT2D eigenvalue weighted by Gasteiger charge is -2.03. The number of allylic oxidation sites excluding steroid dienone is 1. The molecule has 0 radical (unpaired) electrons. The predicted octanol–water partition coefficient (Wildman–Crippen LogP) is 3.65. The third kappa shape index (κ3) is 2.70. The Morgan fingerprint density at radius 2 is 1.71 bits per heavy atom. The number of carbonyl (C=O) groups is 1. The largest absolute Gasteiger partial charge is 0.289 e. The summed E-state index contributed by atoms with van der Waals surface area (Å²) in [6, 6.07) is 17.0. The van der Waals surface area contributed by atoms with Crippen LogP contribution in [-0.2, 0) is 6.42 Å². The van der Waals surface area contributed by atoms with E-state index in [4.69, 9.17) is 0 Å². The first-order valence-electron chi connectivity index (χ1n) is 5.61. The lowest BCUT2D eigenvalue weighted by atomic mass is 10.0. The molecule has 0 heterocycles. The van der Waals surface area contributed by atoms with E-state index in [0.29, 0.717) is 0 Å². The van der Waals surface area contributed by atoms with Gasteiger partial charge < -0.3 is 0 Å². The molecule has 0 spiro atoms. The molecule has 84 valence electrons. The molecular weight excluding hydrogens is 208 g/mol. The van der Waals surface area contributed by atoms with Gasteiger partial charge in [0.2, 0.25) is 0 Å². The molecule has 2 rings (SSSR count). The summed E-state index contributed by atoms with van der Waals surface area (Å²) in [4.78, 5) is 12.2. The van der Waals surface area contributed by atoms with Gasteiger partial charge >= 0.3 is 0 Å². The molecule has 2 aromatic carbocycles. The van der Waals surface area contributed by atoms with Crippen molar-refractivity contribution < 1.29 is 4.79 Å². The Bertz CT molecular complexity index is 526. The van der Waals surface area contributed by atoms with E-state index in [2.05, 4.69) is 6.58 Å². The molecule has 0 aliphatic carbocycles. The molecule has 0 aliphatic heterocycles. The number of benzene rings is 2. The quantitative estimate of drug-likeness (QED) is 0.570. The van der Waals surface area contributed by atoms with Crippen LogP contribution in [0.3, 0.4) is 0 Å². The first kappa shape index (κ1) is 11.3. The van der Waals surface area contributed by atoms with Crippen molar-refractivity contribution in [2.75, 3.05) is 0 Å². The number of hydrogen-bond acceptors (Lipinski definition) is 1. The van der Waals surface area contributed by atoms with Gasteiger partial charge in [-0.15, -0.1) is 6.58 Å². The molecule has 0 aromatic heterocycles. The Labute approximate surface area is 101 Å². The van der Waals surface area contributed by atoms with Crippen LogP contribution in [0.4, 0.5) is 0 Å². The first-order chi connectivity index (χ1) is 8.31. The van der Waals surface area contributed by atoms with Gasteiger partial charge in [-0.3, -0.25) is 4.79 Å². The van der Waals surface area contributed by atoms with E-state index in [1.54, 1.807) is 0 Å². The van der Waals surface area contributed by atoms with E-state index in [-0.39, 0.29) is 5.78 Å². The second kappa shape index (κ2) is 5.26. The van der Waals surface area contributed by atoms with Gasteiger partial charge in [0.1, 0.15) is 0 Å². The number of rotatable bonds is 4. The van der Waals surface area contributed by atoms with Crippen LogP contribution in [0.2, 0.25) is 0 Å². The Morgan fingerprint density at radius 3 is 2.41 bits per heavy atom. The van der Waals surface area contributed by atoms with Gasteiger partial charge in [0.05, 0.1) is 0 Å². The summed E-state index contributed by atoms with van der Waals surface area (Å²) in [6.45, 7) is 3.70. The average Bonchev–Trinajstić information content (AvgIpc) is 2.40. The minimum atomic E-state index is 0.0662. The zero-order chi connectivity index (χ0) is 12.1. The lowest BCUT2D eigenvalue weighted by molar-refractivity contribution is 0.103. The molecule has 0 saturated carbocycles. The van der Waals surface area contributed by atoms with Crippen LogP contribution < -0.4 is 0 Å². The van der Waals surface area contributed by atoms with Crippen molar-refractivity contribution in [3.05, 3.63) is 83.9 Å². The minimum absolute atomic E-state index is 0.0662. The highest BCUT2D eigenvalue weighted by Gasteiger charge is 2.08. The van der Waals surface area contributed by atoms with Crippen molar-refractivity contribution in [2.45, 2.75) is 6.42 Å². The molecule has 0 aliphatic rings. The van der Waals surface area contributed by atoms with Crippen molar-refractivity contribution in [1.29, 1.82) is 0 Å². The zero-order valence-corrected chi connectivity index (χ0v) is 9.60. The summed E-state index contributed by atoms with van der Waals surface area (Å²) in [5, 5.41) is 0. The van der Waals surface area contributed by atoms with Crippen LogP contribution in [-0.4, -0.2) is 5.78 Å². The Morgan fingerprint density at radius 1 is 1.00 bits per heavy atom. The van der Waals surface area contributed by atoms with Gasteiger partial charge in [-0.25, -0.2) is 0 Å². The number of hydrogen-bond donors (Lipinski definition) is 0. The Balaban J connectivity index is 2.31. The SMILES string of the molecule is C=CCc1cccc(C(=O)c2ccccc2)c1. The van der Waals surface area contributed by atoms with E-state index in [1.165, 1.54) is 0 Å². The Kier molecular flexibility index (Phi) is 3.51. The molecule has 0 N–H and O–H groups in total. The minimum Gasteiger partial charge on any atom is -0.289 e. The highest BCUT2D eigenvalue weighted by molar-refractivity contribution is 6.09. The maximum absolute atomic E-state index is 12.2. The zero-order valence-electron chi connectivity index (χ0n) is 9.60. The van der Waals surface area contributed by atoms with E-state index >= 15 is 0 Å². The average molecular weight is 222 g/mol. The fourth-order valence-corrected chi connectivity index (χ4v) is 1.76. The van der Waals surface area contributed by atoms with Gasteiger partial charge in [-0.1, -0.05) is 54.6 Å². The van der Waals surface area contributed by atoms with Crippen molar-refractivity contribution in [3.63, 3.8) is 0 Å². The Hall–Kier alpha value is -2.15.